The summed E-state index contributed by atoms with van der Waals surface area (Å²) in [4.78, 5) is 0. The molecule has 0 aromatic carbocycles. The van der Waals surface area contributed by atoms with Crippen LogP contribution in [0.5, 0.6) is 0 Å². The van der Waals surface area contributed by atoms with Crippen LogP contribution in [0.4, 0.5) is 0 Å². The molecule has 1 unspecified atom stereocenters. The Morgan fingerprint density at radius 3 is 2.61 bits per heavy atom. The molecule has 2 nitrogen and oxygen atoms in total. The van der Waals surface area contributed by atoms with Crippen molar-refractivity contribution in [1.29, 1.82) is 0 Å². The summed E-state index contributed by atoms with van der Waals surface area (Å²) in [5.41, 5.74) is 0. The Morgan fingerprint density at radius 2 is 2.06 bits per heavy atom. The van der Waals surface area contributed by atoms with E-state index in [1.54, 1.807) is 0 Å². The van der Waals surface area contributed by atoms with E-state index in [0.29, 0.717) is 12.1 Å². The van der Waals surface area contributed by atoms with Crippen LogP contribution in [0.15, 0.2) is 21.2 Å². The van der Waals surface area contributed by atoms with Gasteiger partial charge in [-0.05, 0) is 66.6 Å². The highest BCUT2D eigenvalue weighted by atomic mass is 79.9. The Kier molecular flexibility index (Phi) is 5.31. The van der Waals surface area contributed by atoms with Gasteiger partial charge in [-0.15, -0.1) is 0 Å². The molecule has 0 saturated heterocycles. The number of nitrogens with one attached hydrogen (secondary N) is 1. The summed E-state index contributed by atoms with van der Waals surface area (Å²) in [6.07, 6.45) is 8.15. The Morgan fingerprint density at radius 1 is 1.33 bits per heavy atom. The number of furan rings is 1. The van der Waals surface area contributed by atoms with Crippen molar-refractivity contribution in [2.24, 2.45) is 5.92 Å². The quantitative estimate of drug-likeness (QED) is 0.822. The van der Waals surface area contributed by atoms with Crippen molar-refractivity contribution in [1.82, 2.24) is 5.32 Å². The molecule has 0 radical (unpaired) electrons. The fraction of sp³-hybridized carbons (Fsp3) is 0.733. The van der Waals surface area contributed by atoms with Gasteiger partial charge in [0.15, 0.2) is 4.67 Å². The van der Waals surface area contributed by atoms with Gasteiger partial charge in [-0.1, -0.05) is 19.8 Å². The lowest BCUT2D eigenvalue weighted by Gasteiger charge is -2.30. The van der Waals surface area contributed by atoms with Gasteiger partial charge in [0.1, 0.15) is 5.76 Å². The zero-order valence-electron chi connectivity index (χ0n) is 11.4. The lowest BCUT2D eigenvalue weighted by molar-refractivity contribution is 0.258. The van der Waals surface area contributed by atoms with E-state index in [2.05, 4.69) is 35.1 Å². The van der Waals surface area contributed by atoms with Crippen molar-refractivity contribution in [2.45, 2.75) is 64.5 Å². The Balaban J connectivity index is 1.77. The van der Waals surface area contributed by atoms with Crippen molar-refractivity contribution >= 4 is 15.9 Å². The van der Waals surface area contributed by atoms with Gasteiger partial charge in [-0.25, -0.2) is 0 Å². The van der Waals surface area contributed by atoms with Crippen molar-refractivity contribution in [2.75, 3.05) is 0 Å². The highest BCUT2D eigenvalue weighted by molar-refractivity contribution is 9.10. The maximum absolute atomic E-state index is 5.60. The topological polar surface area (TPSA) is 25.2 Å². The van der Waals surface area contributed by atoms with Crippen LogP contribution < -0.4 is 5.32 Å². The maximum atomic E-state index is 5.60. The SMILES string of the molecule is CCCC1CCC(NC(C)c2ccc(Br)o2)CC1. The molecule has 1 N–H and O–H groups in total. The molecule has 0 spiro atoms. The molecule has 0 bridgehead atoms. The molecule has 1 fully saturated rings. The molecule has 2 rings (SSSR count). The average molecular weight is 314 g/mol. The van der Waals surface area contributed by atoms with Crippen LogP contribution in [-0.4, -0.2) is 6.04 Å². The molecule has 3 heteroatoms. The number of hydrogen-bond donors (Lipinski definition) is 1. The predicted octanol–water partition coefficient (Wildman–Crippen LogP) is 5.05. The lowest BCUT2D eigenvalue weighted by Crippen LogP contribution is -2.34. The third-order valence-electron chi connectivity index (χ3n) is 4.05. The van der Waals surface area contributed by atoms with Crippen LogP contribution in [-0.2, 0) is 0 Å². The number of rotatable bonds is 5. The van der Waals surface area contributed by atoms with Crippen molar-refractivity contribution < 1.29 is 4.42 Å². The Bertz CT molecular complexity index is 355. The first-order chi connectivity index (χ1) is 8.69. The molecule has 1 aliphatic rings. The zero-order chi connectivity index (χ0) is 13.0. The normalized spacial score (nSPS) is 26.2. The van der Waals surface area contributed by atoms with Gasteiger partial charge in [0.25, 0.3) is 0 Å². The monoisotopic (exact) mass is 313 g/mol. The third kappa shape index (κ3) is 3.86. The van der Waals surface area contributed by atoms with Gasteiger partial charge in [0.2, 0.25) is 0 Å². The first-order valence-electron chi connectivity index (χ1n) is 7.20. The predicted molar refractivity (Wildman–Crippen MR) is 78.6 cm³/mol. The first kappa shape index (κ1) is 14.1. The molecule has 1 saturated carbocycles. The van der Waals surface area contributed by atoms with Crippen LogP contribution in [0, 0.1) is 5.92 Å². The van der Waals surface area contributed by atoms with E-state index in [1.165, 1.54) is 38.5 Å². The highest BCUT2D eigenvalue weighted by Gasteiger charge is 2.22. The average Bonchev–Trinajstić information content (AvgIpc) is 2.79. The molecular weight excluding hydrogens is 290 g/mol. The summed E-state index contributed by atoms with van der Waals surface area (Å²) in [5, 5.41) is 3.70. The van der Waals surface area contributed by atoms with Crippen LogP contribution in [0.25, 0.3) is 0 Å². The van der Waals surface area contributed by atoms with E-state index in [1.807, 2.05) is 12.1 Å². The summed E-state index contributed by atoms with van der Waals surface area (Å²) in [6, 6.07) is 4.98. The van der Waals surface area contributed by atoms with Crippen LogP contribution in [0.2, 0.25) is 0 Å². The standard InChI is InChI=1S/C15H24BrNO/c1-3-4-12-5-7-13(8-6-12)17-11(2)14-9-10-15(16)18-14/h9-13,17H,3-8H2,1-2H3. The zero-order valence-corrected chi connectivity index (χ0v) is 13.0. The summed E-state index contributed by atoms with van der Waals surface area (Å²) < 4.78 is 6.42. The van der Waals surface area contributed by atoms with Gasteiger partial charge in [0.05, 0.1) is 6.04 Å². The Labute approximate surface area is 119 Å². The molecule has 1 aromatic heterocycles. The summed E-state index contributed by atoms with van der Waals surface area (Å²) in [7, 11) is 0. The van der Waals surface area contributed by atoms with Crippen LogP contribution in [0.1, 0.15) is 64.2 Å². The van der Waals surface area contributed by atoms with E-state index in [0.717, 1.165) is 16.3 Å². The molecule has 1 aromatic rings. The highest BCUT2D eigenvalue weighted by Crippen LogP contribution is 2.29. The Hall–Kier alpha value is -0.280. The van der Waals surface area contributed by atoms with Gasteiger partial charge >= 0.3 is 0 Å². The second-order valence-corrected chi connectivity index (χ2v) is 6.32. The van der Waals surface area contributed by atoms with Crippen LogP contribution in [0.3, 0.4) is 0 Å². The summed E-state index contributed by atoms with van der Waals surface area (Å²) in [5.74, 6) is 2.00. The second-order valence-electron chi connectivity index (χ2n) is 5.54. The minimum atomic E-state index is 0.309. The molecule has 18 heavy (non-hydrogen) atoms. The molecule has 1 heterocycles. The fourth-order valence-corrected chi connectivity index (χ4v) is 3.34. The van der Waals surface area contributed by atoms with Gasteiger partial charge < -0.3 is 9.73 Å². The molecule has 0 amide bonds. The van der Waals surface area contributed by atoms with Crippen molar-refractivity contribution in [3.05, 3.63) is 22.6 Å². The third-order valence-corrected chi connectivity index (χ3v) is 4.48. The first-order valence-corrected chi connectivity index (χ1v) is 7.99. The summed E-state index contributed by atoms with van der Waals surface area (Å²) >= 11 is 3.36. The molecule has 102 valence electrons. The van der Waals surface area contributed by atoms with E-state index in [-0.39, 0.29) is 0 Å². The summed E-state index contributed by atoms with van der Waals surface area (Å²) in [6.45, 7) is 4.48. The molecule has 0 aliphatic heterocycles. The van der Waals surface area contributed by atoms with Gasteiger partial charge in [0, 0.05) is 6.04 Å². The van der Waals surface area contributed by atoms with Gasteiger partial charge in [-0.2, -0.15) is 0 Å². The van der Waals surface area contributed by atoms with E-state index < -0.39 is 0 Å². The largest absolute Gasteiger partial charge is 0.453 e. The van der Waals surface area contributed by atoms with E-state index in [9.17, 15) is 0 Å². The molecule has 1 atom stereocenters. The second kappa shape index (κ2) is 6.76. The van der Waals surface area contributed by atoms with E-state index >= 15 is 0 Å². The minimum Gasteiger partial charge on any atom is -0.453 e. The van der Waals surface area contributed by atoms with Crippen molar-refractivity contribution in [3.8, 4) is 0 Å². The number of halogens is 1. The molecular formula is C15H24BrNO. The minimum absolute atomic E-state index is 0.309. The fourth-order valence-electron chi connectivity index (χ4n) is 3.02. The van der Waals surface area contributed by atoms with E-state index in [4.69, 9.17) is 4.42 Å². The number of hydrogen-bond acceptors (Lipinski definition) is 2. The van der Waals surface area contributed by atoms with Crippen molar-refractivity contribution in [3.63, 3.8) is 0 Å². The maximum Gasteiger partial charge on any atom is 0.169 e. The van der Waals surface area contributed by atoms with Gasteiger partial charge in [-0.3, -0.25) is 0 Å². The molecule has 1 aliphatic carbocycles. The smallest absolute Gasteiger partial charge is 0.169 e. The van der Waals surface area contributed by atoms with Crippen LogP contribution >= 0.6 is 15.9 Å². The lowest BCUT2D eigenvalue weighted by atomic mass is 9.83.